The maximum atomic E-state index is 12.8. The van der Waals surface area contributed by atoms with Crippen molar-refractivity contribution in [2.75, 3.05) is 26.2 Å². The summed E-state index contributed by atoms with van der Waals surface area (Å²) in [5.74, 6) is 1.86. The first-order valence-corrected chi connectivity index (χ1v) is 8.48. The summed E-state index contributed by atoms with van der Waals surface area (Å²) in [5, 5.41) is 13.4. The molecule has 6 nitrogen and oxygen atoms in total. The van der Waals surface area contributed by atoms with Crippen LogP contribution in [0.2, 0.25) is 0 Å². The molecule has 0 amide bonds. The van der Waals surface area contributed by atoms with Crippen molar-refractivity contribution < 1.29 is 14.4 Å². The summed E-state index contributed by atoms with van der Waals surface area (Å²) < 4.78 is 7.11. The number of aliphatic hydroxyl groups excluding tert-OH is 1. The third-order valence-corrected chi connectivity index (χ3v) is 4.80. The number of hydrogen-bond donors (Lipinski definition) is 1. The Balaban J connectivity index is 1.78. The van der Waals surface area contributed by atoms with Gasteiger partial charge in [0.25, 0.3) is 0 Å². The van der Waals surface area contributed by atoms with Gasteiger partial charge in [0, 0.05) is 36.2 Å². The van der Waals surface area contributed by atoms with Crippen LogP contribution in [0.1, 0.15) is 40.3 Å². The van der Waals surface area contributed by atoms with E-state index in [1.165, 1.54) is 0 Å². The first kappa shape index (κ1) is 16.9. The van der Waals surface area contributed by atoms with Gasteiger partial charge < -0.3 is 9.63 Å². The third kappa shape index (κ3) is 3.30. The van der Waals surface area contributed by atoms with Gasteiger partial charge in [-0.25, -0.2) is 0 Å². The quantitative estimate of drug-likeness (QED) is 0.851. The second-order valence-electron chi connectivity index (χ2n) is 6.77. The van der Waals surface area contributed by atoms with Crippen LogP contribution in [0.4, 0.5) is 0 Å². The van der Waals surface area contributed by atoms with Crippen LogP contribution in [-0.2, 0) is 0 Å². The molecule has 1 N–H and O–H groups in total. The van der Waals surface area contributed by atoms with E-state index in [1.54, 1.807) is 0 Å². The van der Waals surface area contributed by atoms with Gasteiger partial charge in [0.15, 0.2) is 11.6 Å². The molecular formula is C18H25N3O3. The van der Waals surface area contributed by atoms with E-state index < -0.39 is 0 Å². The van der Waals surface area contributed by atoms with Crippen LogP contribution < -0.4 is 0 Å². The number of ketones is 1. The highest BCUT2D eigenvalue weighted by molar-refractivity contribution is 5.99. The molecular weight excluding hydrogens is 306 g/mol. The molecule has 0 aromatic carbocycles. The van der Waals surface area contributed by atoms with Crippen molar-refractivity contribution in [3.05, 3.63) is 34.8 Å². The number of Topliss-reactive ketones (excluding diaryl/α,β-unsaturated/α-hetero) is 1. The molecule has 0 saturated carbocycles. The van der Waals surface area contributed by atoms with Crippen molar-refractivity contribution in [3.8, 4) is 5.82 Å². The Morgan fingerprint density at radius 3 is 2.83 bits per heavy atom. The molecule has 2 aromatic heterocycles. The minimum absolute atomic E-state index is 0.119. The number of rotatable bonds is 5. The number of aliphatic hydroxyl groups is 1. The molecule has 1 aliphatic heterocycles. The van der Waals surface area contributed by atoms with Crippen LogP contribution in [0.5, 0.6) is 0 Å². The fraction of sp³-hybridized carbons (Fsp3) is 0.556. The SMILES string of the molecule is Cc1cc(-n2c(C)cc(C(=O)CN3CCCC(CO)C3)c2C)no1. The minimum Gasteiger partial charge on any atom is -0.396 e. The van der Waals surface area contributed by atoms with Gasteiger partial charge in [-0.2, -0.15) is 0 Å². The van der Waals surface area contributed by atoms with E-state index >= 15 is 0 Å². The molecule has 0 aliphatic carbocycles. The molecule has 1 atom stereocenters. The van der Waals surface area contributed by atoms with Crippen molar-refractivity contribution in [3.63, 3.8) is 0 Å². The molecule has 24 heavy (non-hydrogen) atoms. The summed E-state index contributed by atoms with van der Waals surface area (Å²) in [6.07, 6.45) is 2.08. The average Bonchev–Trinajstić information content (AvgIpc) is 3.10. The zero-order chi connectivity index (χ0) is 17.3. The smallest absolute Gasteiger partial charge is 0.180 e. The molecule has 0 radical (unpaired) electrons. The molecule has 3 rings (SSSR count). The maximum Gasteiger partial charge on any atom is 0.180 e. The van der Waals surface area contributed by atoms with Crippen LogP contribution in [0.3, 0.4) is 0 Å². The number of piperidine rings is 1. The van der Waals surface area contributed by atoms with E-state index in [9.17, 15) is 9.90 Å². The third-order valence-electron chi connectivity index (χ3n) is 4.80. The number of likely N-dealkylation sites (tertiary alicyclic amines) is 1. The van der Waals surface area contributed by atoms with Gasteiger partial charge in [0.1, 0.15) is 5.76 Å². The Kier molecular flexibility index (Phi) is 4.87. The number of aromatic nitrogens is 2. The average molecular weight is 331 g/mol. The first-order valence-electron chi connectivity index (χ1n) is 8.48. The number of carbonyl (C=O) groups excluding carboxylic acids is 1. The summed E-state index contributed by atoms with van der Waals surface area (Å²) in [5.41, 5.74) is 2.59. The lowest BCUT2D eigenvalue weighted by Gasteiger charge is -2.31. The van der Waals surface area contributed by atoms with Crippen molar-refractivity contribution in [1.82, 2.24) is 14.6 Å². The van der Waals surface area contributed by atoms with E-state index in [4.69, 9.17) is 4.52 Å². The Morgan fingerprint density at radius 1 is 1.38 bits per heavy atom. The number of aryl methyl sites for hydroxylation is 2. The van der Waals surface area contributed by atoms with Crippen molar-refractivity contribution in [1.29, 1.82) is 0 Å². The molecule has 6 heteroatoms. The van der Waals surface area contributed by atoms with Crippen LogP contribution in [0, 0.1) is 26.7 Å². The largest absolute Gasteiger partial charge is 0.396 e. The van der Waals surface area contributed by atoms with Crippen LogP contribution in [-0.4, -0.2) is 51.8 Å². The normalized spacial score (nSPS) is 18.9. The van der Waals surface area contributed by atoms with Crippen molar-refractivity contribution in [2.24, 2.45) is 5.92 Å². The van der Waals surface area contributed by atoms with E-state index in [-0.39, 0.29) is 18.3 Å². The minimum atomic E-state index is 0.119. The standard InChI is InChI=1S/C18H25N3O3/c1-12-7-16(14(3)21(12)18-8-13(2)24-19-18)17(23)10-20-6-4-5-15(9-20)11-22/h7-8,15,22H,4-6,9-11H2,1-3H3. The zero-order valence-electron chi connectivity index (χ0n) is 14.6. The molecule has 0 bridgehead atoms. The van der Waals surface area contributed by atoms with Crippen LogP contribution in [0.25, 0.3) is 5.82 Å². The van der Waals surface area contributed by atoms with E-state index in [0.29, 0.717) is 12.4 Å². The van der Waals surface area contributed by atoms with Gasteiger partial charge in [-0.05, 0) is 52.1 Å². The first-order chi connectivity index (χ1) is 11.5. The molecule has 3 heterocycles. The predicted molar refractivity (Wildman–Crippen MR) is 90.6 cm³/mol. The molecule has 2 aromatic rings. The molecule has 1 aliphatic rings. The maximum absolute atomic E-state index is 12.8. The Labute approximate surface area is 142 Å². The van der Waals surface area contributed by atoms with Gasteiger partial charge in [-0.1, -0.05) is 5.16 Å². The summed E-state index contributed by atoms with van der Waals surface area (Å²) in [6.45, 7) is 8.08. The summed E-state index contributed by atoms with van der Waals surface area (Å²) >= 11 is 0. The van der Waals surface area contributed by atoms with E-state index in [1.807, 2.05) is 37.5 Å². The number of nitrogens with zero attached hydrogens (tertiary/aromatic N) is 3. The summed E-state index contributed by atoms with van der Waals surface area (Å²) in [6, 6.07) is 3.79. The lowest BCUT2D eigenvalue weighted by atomic mass is 9.98. The highest BCUT2D eigenvalue weighted by Gasteiger charge is 2.24. The zero-order valence-corrected chi connectivity index (χ0v) is 14.6. The number of carbonyl (C=O) groups is 1. The van der Waals surface area contributed by atoms with Gasteiger partial charge in [0.2, 0.25) is 0 Å². The van der Waals surface area contributed by atoms with E-state index in [2.05, 4.69) is 10.1 Å². The van der Waals surface area contributed by atoms with Gasteiger partial charge in [-0.3, -0.25) is 14.3 Å². The highest BCUT2D eigenvalue weighted by atomic mass is 16.5. The second kappa shape index (κ2) is 6.91. The Morgan fingerprint density at radius 2 is 2.17 bits per heavy atom. The van der Waals surface area contributed by atoms with E-state index in [0.717, 1.165) is 48.6 Å². The fourth-order valence-electron chi connectivity index (χ4n) is 3.59. The molecule has 130 valence electrons. The van der Waals surface area contributed by atoms with Gasteiger partial charge in [0.05, 0.1) is 6.54 Å². The second-order valence-corrected chi connectivity index (χ2v) is 6.77. The Hall–Kier alpha value is -1.92. The van der Waals surface area contributed by atoms with Gasteiger partial charge >= 0.3 is 0 Å². The molecule has 1 fully saturated rings. The molecule has 1 unspecified atom stereocenters. The lowest BCUT2D eigenvalue weighted by Crippen LogP contribution is -2.39. The monoisotopic (exact) mass is 331 g/mol. The molecule has 0 spiro atoms. The molecule has 1 saturated heterocycles. The van der Waals surface area contributed by atoms with Crippen molar-refractivity contribution >= 4 is 5.78 Å². The summed E-state index contributed by atoms with van der Waals surface area (Å²) in [4.78, 5) is 14.9. The van der Waals surface area contributed by atoms with Gasteiger partial charge in [-0.15, -0.1) is 0 Å². The lowest BCUT2D eigenvalue weighted by molar-refractivity contribution is 0.0833. The number of hydrogen-bond acceptors (Lipinski definition) is 5. The summed E-state index contributed by atoms with van der Waals surface area (Å²) in [7, 11) is 0. The van der Waals surface area contributed by atoms with Crippen LogP contribution >= 0.6 is 0 Å². The topological polar surface area (TPSA) is 71.5 Å². The fourth-order valence-corrected chi connectivity index (χ4v) is 3.59. The van der Waals surface area contributed by atoms with Crippen molar-refractivity contribution in [2.45, 2.75) is 33.6 Å². The highest BCUT2D eigenvalue weighted by Crippen LogP contribution is 2.22. The Bertz CT molecular complexity index is 732. The van der Waals surface area contributed by atoms with Crippen LogP contribution in [0.15, 0.2) is 16.7 Å². The predicted octanol–water partition coefficient (Wildman–Crippen LogP) is 2.28.